The Morgan fingerprint density at radius 2 is 1.79 bits per heavy atom. The van der Waals surface area contributed by atoms with Crippen LogP contribution in [0, 0.1) is 11.8 Å². The summed E-state index contributed by atoms with van der Waals surface area (Å²) in [7, 11) is 0. The van der Waals surface area contributed by atoms with Gasteiger partial charge in [-0.1, -0.05) is 26.2 Å². The first-order valence-corrected chi connectivity index (χ1v) is 7.78. The van der Waals surface area contributed by atoms with Gasteiger partial charge in [0.25, 0.3) is 0 Å². The maximum Gasteiger partial charge on any atom is 0.332 e. The second kappa shape index (κ2) is 7.25. The number of hydrogen-bond acceptors (Lipinski definition) is 3. The van der Waals surface area contributed by atoms with Gasteiger partial charge in [0.05, 0.1) is 6.10 Å². The Kier molecular flexibility index (Phi) is 5.64. The Hall–Kier alpha value is -0.610. The van der Waals surface area contributed by atoms with E-state index in [0.717, 1.165) is 31.3 Å². The molecule has 2 fully saturated rings. The van der Waals surface area contributed by atoms with E-state index in [1.54, 1.807) is 0 Å². The first kappa shape index (κ1) is 14.8. The molecule has 2 atom stereocenters. The highest BCUT2D eigenvalue weighted by atomic mass is 16.5. The van der Waals surface area contributed by atoms with E-state index in [-0.39, 0.29) is 6.10 Å². The number of aliphatic carboxylic acids is 1. The summed E-state index contributed by atoms with van der Waals surface area (Å²) in [6, 6.07) is 0. The van der Waals surface area contributed by atoms with Gasteiger partial charge in [0, 0.05) is 6.54 Å². The molecular weight excluding hydrogens is 242 g/mol. The van der Waals surface area contributed by atoms with E-state index in [1.807, 2.05) is 0 Å². The average molecular weight is 269 g/mol. The summed E-state index contributed by atoms with van der Waals surface area (Å²) < 4.78 is 5.48. The van der Waals surface area contributed by atoms with Gasteiger partial charge in [-0.05, 0) is 44.1 Å². The van der Waals surface area contributed by atoms with Crippen LogP contribution < -0.4 is 5.32 Å². The summed E-state index contributed by atoms with van der Waals surface area (Å²) in [5, 5.41) is 12.3. The van der Waals surface area contributed by atoms with Crippen molar-refractivity contribution < 1.29 is 14.6 Å². The number of rotatable bonds is 6. The Morgan fingerprint density at radius 1 is 1.11 bits per heavy atom. The van der Waals surface area contributed by atoms with Crippen LogP contribution in [-0.4, -0.2) is 36.4 Å². The van der Waals surface area contributed by atoms with Crippen molar-refractivity contribution in [3.8, 4) is 0 Å². The molecule has 0 bridgehead atoms. The Balaban J connectivity index is 1.56. The zero-order valence-corrected chi connectivity index (χ0v) is 11.9. The summed E-state index contributed by atoms with van der Waals surface area (Å²) in [6.07, 6.45) is 7.81. The fraction of sp³-hybridized carbons (Fsp3) is 0.933. The Bertz CT molecular complexity index is 287. The van der Waals surface area contributed by atoms with Gasteiger partial charge in [0.2, 0.25) is 0 Å². The van der Waals surface area contributed by atoms with Gasteiger partial charge in [-0.15, -0.1) is 0 Å². The third-order valence-corrected chi connectivity index (χ3v) is 4.73. The molecule has 1 saturated heterocycles. The van der Waals surface area contributed by atoms with Crippen molar-refractivity contribution in [2.24, 2.45) is 11.8 Å². The number of ether oxygens (including phenoxy) is 1. The highest BCUT2D eigenvalue weighted by Gasteiger charge is 2.30. The lowest BCUT2D eigenvalue weighted by molar-refractivity contribution is -0.149. The van der Waals surface area contributed by atoms with Crippen molar-refractivity contribution in [2.45, 2.75) is 64.1 Å². The molecule has 1 aliphatic heterocycles. The number of nitrogens with one attached hydrogen (secondary N) is 1. The van der Waals surface area contributed by atoms with E-state index in [1.165, 1.54) is 32.1 Å². The molecule has 0 amide bonds. The molecule has 0 aromatic rings. The SMILES string of the molecule is CCC1CCC(CNCC2CCC(C(=O)O)O2)CC1. The summed E-state index contributed by atoms with van der Waals surface area (Å²) >= 11 is 0. The Morgan fingerprint density at radius 3 is 2.37 bits per heavy atom. The van der Waals surface area contributed by atoms with Crippen LogP contribution in [0.25, 0.3) is 0 Å². The lowest BCUT2D eigenvalue weighted by atomic mass is 9.81. The molecule has 2 unspecified atom stereocenters. The molecule has 4 nitrogen and oxygen atoms in total. The van der Waals surface area contributed by atoms with E-state index in [9.17, 15) is 4.79 Å². The number of carboxylic acid groups (broad SMARTS) is 1. The molecule has 110 valence electrons. The second-order valence-corrected chi connectivity index (χ2v) is 6.12. The molecule has 0 aromatic carbocycles. The molecule has 19 heavy (non-hydrogen) atoms. The van der Waals surface area contributed by atoms with Crippen LogP contribution in [0.5, 0.6) is 0 Å². The molecule has 2 N–H and O–H groups in total. The van der Waals surface area contributed by atoms with Crippen LogP contribution in [0.4, 0.5) is 0 Å². The predicted molar refractivity (Wildman–Crippen MR) is 74.1 cm³/mol. The zero-order chi connectivity index (χ0) is 13.7. The fourth-order valence-electron chi connectivity index (χ4n) is 3.33. The van der Waals surface area contributed by atoms with Gasteiger partial charge in [0.15, 0.2) is 6.10 Å². The molecule has 1 aliphatic carbocycles. The number of hydrogen-bond donors (Lipinski definition) is 2. The first-order chi connectivity index (χ1) is 9.19. The van der Waals surface area contributed by atoms with Crippen molar-refractivity contribution in [2.75, 3.05) is 13.1 Å². The normalized spacial score (nSPS) is 35.4. The standard InChI is InChI=1S/C15H27NO3/c1-2-11-3-5-12(6-4-11)9-16-10-13-7-8-14(19-13)15(17)18/h11-14,16H,2-10H2,1H3,(H,17,18). The van der Waals surface area contributed by atoms with Gasteiger partial charge < -0.3 is 15.2 Å². The smallest absolute Gasteiger partial charge is 0.332 e. The van der Waals surface area contributed by atoms with Crippen molar-refractivity contribution in [3.63, 3.8) is 0 Å². The second-order valence-electron chi connectivity index (χ2n) is 6.12. The maximum absolute atomic E-state index is 10.8. The molecule has 1 saturated carbocycles. The molecule has 2 aliphatic rings. The minimum atomic E-state index is -0.819. The highest BCUT2D eigenvalue weighted by Crippen LogP contribution is 2.30. The van der Waals surface area contributed by atoms with E-state index in [2.05, 4.69) is 12.2 Å². The predicted octanol–water partition coefficient (Wildman–Crippen LogP) is 2.42. The van der Waals surface area contributed by atoms with Crippen LogP contribution >= 0.6 is 0 Å². The van der Waals surface area contributed by atoms with Crippen LogP contribution in [0.2, 0.25) is 0 Å². The van der Waals surface area contributed by atoms with Gasteiger partial charge in [0.1, 0.15) is 0 Å². The monoisotopic (exact) mass is 269 g/mol. The topological polar surface area (TPSA) is 58.6 Å². The summed E-state index contributed by atoms with van der Waals surface area (Å²) in [5.74, 6) is 0.936. The summed E-state index contributed by atoms with van der Waals surface area (Å²) in [4.78, 5) is 10.8. The third kappa shape index (κ3) is 4.46. The Labute approximate surface area is 115 Å². The van der Waals surface area contributed by atoms with E-state index in [0.29, 0.717) is 6.42 Å². The van der Waals surface area contributed by atoms with Crippen LogP contribution in [-0.2, 0) is 9.53 Å². The van der Waals surface area contributed by atoms with Gasteiger partial charge >= 0.3 is 5.97 Å². The van der Waals surface area contributed by atoms with Crippen molar-refractivity contribution in [1.82, 2.24) is 5.32 Å². The lowest BCUT2D eigenvalue weighted by Gasteiger charge is -2.28. The van der Waals surface area contributed by atoms with E-state index < -0.39 is 12.1 Å². The molecule has 0 aromatic heterocycles. The minimum absolute atomic E-state index is 0.0908. The van der Waals surface area contributed by atoms with Crippen LogP contribution in [0.1, 0.15) is 51.9 Å². The molecule has 0 spiro atoms. The molecule has 1 heterocycles. The zero-order valence-electron chi connectivity index (χ0n) is 11.9. The highest BCUT2D eigenvalue weighted by molar-refractivity contribution is 5.72. The third-order valence-electron chi connectivity index (χ3n) is 4.73. The summed E-state index contributed by atoms with van der Waals surface area (Å²) in [5.41, 5.74) is 0. The van der Waals surface area contributed by atoms with Crippen LogP contribution in [0.15, 0.2) is 0 Å². The van der Waals surface area contributed by atoms with Crippen molar-refractivity contribution in [3.05, 3.63) is 0 Å². The van der Waals surface area contributed by atoms with E-state index >= 15 is 0 Å². The largest absolute Gasteiger partial charge is 0.479 e. The van der Waals surface area contributed by atoms with Gasteiger partial charge in [-0.25, -0.2) is 4.79 Å². The lowest BCUT2D eigenvalue weighted by Crippen LogP contribution is -2.33. The fourth-order valence-corrected chi connectivity index (χ4v) is 3.33. The van der Waals surface area contributed by atoms with Gasteiger partial charge in [-0.3, -0.25) is 0 Å². The first-order valence-electron chi connectivity index (χ1n) is 7.78. The van der Waals surface area contributed by atoms with Crippen molar-refractivity contribution in [1.29, 1.82) is 0 Å². The van der Waals surface area contributed by atoms with Gasteiger partial charge in [-0.2, -0.15) is 0 Å². The number of carboxylic acids is 1. The van der Waals surface area contributed by atoms with Crippen LogP contribution in [0.3, 0.4) is 0 Å². The number of carbonyl (C=O) groups is 1. The molecule has 4 heteroatoms. The average Bonchev–Trinajstić information content (AvgIpc) is 2.89. The maximum atomic E-state index is 10.8. The molecule has 0 radical (unpaired) electrons. The van der Waals surface area contributed by atoms with Crippen molar-refractivity contribution >= 4 is 5.97 Å². The molecular formula is C15H27NO3. The molecule has 2 rings (SSSR count). The minimum Gasteiger partial charge on any atom is -0.479 e. The van der Waals surface area contributed by atoms with E-state index in [4.69, 9.17) is 9.84 Å². The summed E-state index contributed by atoms with van der Waals surface area (Å²) in [6.45, 7) is 4.16. The quantitative estimate of drug-likeness (QED) is 0.777.